The van der Waals surface area contributed by atoms with Gasteiger partial charge in [0.05, 0.1) is 22.8 Å². The van der Waals surface area contributed by atoms with Crippen molar-refractivity contribution in [1.82, 2.24) is 9.78 Å². The first-order chi connectivity index (χ1) is 13.4. The number of amides is 2. The van der Waals surface area contributed by atoms with E-state index in [4.69, 9.17) is 23.2 Å². The van der Waals surface area contributed by atoms with E-state index >= 15 is 0 Å². The summed E-state index contributed by atoms with van der Waals surface area (Å²) in [6, 6.07) is 13.4. The van der Waals surface area contributed by atoms with Gasteiger partial charge in [-0.2, -0.15) is 5.10 Å². The molecule has 2 heterocycles. The second-order valence-corrected chi connectivity index (χ2v) is 7.36. The highest BCUT2D eigenvalue weighted by atomic mass is 35.5. The molecule has 2 amide bonds. The predicted octanol–water partition coefficient (Wildman–Crippen LogP) is 4.69. The van der Waals surface area contributed by atoms with Crippen LogP contribution in [0, 0.1) is 6.92 Å². The first-order valence-corrected chi connectivity index (χ1v) is 9.40. The van der Waals surface area contributed by atoms with Crippen LogP contribution < -0.4 is 10.6 Å². The highest BCUT2D eigenvalue weighted by Crippen LogP contribution is 2.35. The fourth-order valence-electron chi connectivity index (χ4n) is 3.23. The summed E-state index contributed by atoms with van der Waals surface area (Å²) in [4.78, 5) is 25.1. The molecule has 0 saturated carbocycles. The second kappa shape index (κ2) is 7.30. The normalized spacial score (nSPS) is 15.7. The summed E-state index contributed by atoms with van der Waals surface area (Å²) in [5.74, 6) is -0.0951. The fourth-order valence-corrected chi connectivity index (χ4v) is 3.60. The molecule has 0 aliphatic carbocycles. The molecule has 2 N–H and O–H groups in total. The quantitative estimate of drug-likeness (QED) is 0.652. The van der Waals surface area contributed by atoms with Crippen molar-refractivity contribution in [1.29, 1.82) is 0 Å². The van der Waals surface area contributed by atoms with Crippen LogP contribution in [0.3, 0.4) is 0 Å². The molecule has 4 rings (SSSR count). The van der Waals surface area contributed by atoms with Gasteiger partial charge in [-0.3, -0.25) is 9.59 Å². The Kier molecular flexibility index (Phi) is 4.83. The van der Waals surface area contributed by atoms with Crippen LogP contribution in [0.5, 0.6) is 0 Å². The van der Waals surface area contributed by atoms with Crippen molar-refractivity contribution in [3.05, 3.63) is 64.1 Å². The molecule has 3 aromatic rings. The van der Waals surface area contributed by atoms with E-state index in [1.807, 2.05) is 19.1 Å². The molecule has 1 aliphatic rings. The average molecular weight is 415 g/mol. The lowest BCUT2D eigenvalue weighted by Crippen LogP contribution is -2.36. The number of para-hydroxylation sites is 1. The SMILES string of the molecule is Cc1c(-c2cccc(Cl)c2)nn2c1NC(=O)C[C@@H]2C(=O)Nc1ccccc1Cl. The molecule has 2 aromatic carbocycles. The smallest absolute Gasteiger partial charge is 0.249 e. The van der Waals surface area contributed by atoms with Gasteiger partial charge in [0, 0.05) is 16.1 Å². The van der Waals surface area contributed by atoms with Gasteiger partial charge in [0.1, 0.15) is 11.9 Å². The molecule has 0 fully saturated rings. The molecule has 0 saturated heterocycles. The van der Waals surface area contributed by atoms with Crippen molar-refractivity contribution in [2.75, 3.05) is 10.6 Å². The van der Waals surface area contributed by atoms with Gasteiger partial charge in [-0.05, 0) is 31.2 Å². The van der Waals surface area contributed by atoms with E-state index in [1.54, 1.807) is 41.1 Å². The number of nitrogens with one attached hydrogen (secondary N) is 2. The van der Waals surface area contributed by atoms with Gasteiger partial charge in [0.25, 0.3) is 0 Å². The molecule has 1 aliphatic heterocycles. The zero-order valence-electron chi connectivity index (χ0n) is 14.9. The van der Waals surface area contributed by atoms with Gasteiger partial charge in [-0.15, -0.1) is 0 Å². The van der Waals surface area contributed by atoms with E-state index in [2.05, 4.69) is 15.7 Å². The van der Waals surface area contributed by atoms with Gasteiger partial charge in [0.2, 0.25) is 11.8 Å². The van der Waals surface area contributed by atoms with Crippen molar-refractivity contribution in [3.63, 3.8) is 0 Å². The molecule has 6 nitrogen and oxygen atoms in total. The third kappa shape index (κ3) is 3.37. The first-order valence-electron chi connectivity index (χ1n) is 8.64. The minimum Gasteiger partial charge on any atom is -0.323 e. The lowest BCUT2D eigenvalue weighted by atomic mass is 10.1. The van der Waals surface area contributed by atoms with E-state index in [0.29, 0.717) is 27.2 Å². The van der Waals surface area contributed by atoms with Crippen molar-refractivity contribution >= 4 is 46.5 Å². The van der Waals surface area contributed by atoms with Crippen molar-refractivity contribution in [2.45, 2.75) is 19.4 Å². The van der Waals surface area contributed by atoms with Crippen molar-refractivity contribution in [2.24, 2.45) is 0 Å². The number of fused-ring (bicyclic) bond motifs is 1. The Bertz CT molecular complexity index is 1090. The number of carbonyl (C=O) groups is 2. The maximum absolute atomic E-state index is 12.9. The predicted molar refractivity (Wildman–Crippen MR) is 110 cm³/mol. The molecule has 28 heavy (non-hydrogen) atoms. The van der Waals surface area contributed by atoms with Crippen LogP contribution in [0.15, 0.2) is 48.5 Å². The largest absolute Gasteiger partial charge is 0.323 e. The number of anilines is 2. The van der Waals surface area contributed by atoms with E-state index < -0.39 is 6.04 Å². The maximum Gasteiger partial charge on any atom is 0.249 e. The molecular weight excluding hydrogens is 399 g/mol. The van der Waals surface area contributed by atoms with Crippen LogP contribution in [0.25, 0.3) is 11.3 Å². The van der Waals surface area contributed by atoms with Crippen LogP contribution in [0.2, 0.25) is 10.0 Å². The number of benzene rings is 2. The topological polar surface area (TPSA) is 76.0 Å². The minimum absolute atomic E-state index is 0.0145. The summed E-state index contributed by atoms with van der Waals surface area (Å²) >= 11 is 12.2. The number of nitrogens with zero attached hydrogens (tertiary/aromatic N) is 2. The molecule has 1 atom stereocenters. The fraction of sp³-hybridized carbons (Fsp3) is 0.150. The van der Waals surface area contributed by atoms with Crippen LogP contribution in [-0.4, -0.2) is 21.6 Å². The standard InChI is InChI=1S/C20H16Cl2N4O2/c1-11-18(12-5-4-6-13(21)9-12)25-26-16(10-17(27)24-19(11)26)20(28)23-15-8-3-2-7-14(15)22/h2-9,16H,10H2,1H3,(H,23,28)(H,24,27)/t16-/m1/s1. The number of hydrogen-bond donors (Lipinski definition) is 2. The van der Waals surface area contributed by atoms with Crippen LogP contribution in [-0.2, 0) is 9.59 Å². The number of rotatable bonds is 3. The summed E-state index contributed by atoms with van der Waals surface area (Å²) in [5.41, 5.74) is 2.73. The van der Waals surface area contributed by atoms with Gasteiger partial charge in [-0.25, -0.2) is 4.68 Å². The summed E-state index contributed by atoms with van der Waals surface area (Å²) in [6.45, 7) is 1.85. The third-order valence-corrected chi connectivity index (χ3v) is 5.18. The van der Waals surface area contributed by atoms with Crippen molar-refractivity contribution < 1.29 is 9.59 Å². The van der Waals surface area contributed by atoms with Gasteiger partial charge < -0.3 is 10.6 Å². The molecular formula is C20H16Cl2N4O2. The van der Waals surface area contributed by atoms with Crippen molar-refractivity contribution in [3.8, 4) is 11.3 Å². The number of carbonyl (C=O) groups excluding carboxylic acids is 2. The average Bonchev–Trinajstić information content (AvgIpc) is 2.99. The maximum atomic E-state index is 12.9. The Morgan fingerprint density at radius 2 is 2.00 bits per heavy atom. The number of aromatic nitrogens is 2. The Morgan fingerprint density at radius 3 is 2.75 bits per heavy atom. The van der Waals surface area contributed by atoms with E-state index in [9.17, 15) is 9.59 Å². The second-order valence-electron chi connectivity index (χ2n) is 6.51. The Hall–Kier alpha value is -2.83. The third-order valence-electron chi connectivity index (χ3n) is 4.61. The van der Waals surface area contributed by atoms with Crippen LogP contribution >= 0.6 is 23.2 Å². The Morgan fingerprint density at radius 1 is 1.21 bits per heavy atom. The summed E-state index contributed by atoms with van der Waals surface area (Å²) in [5, 5.41) is 11.2. The van der Waals surface area contributed by atoms with Gasteiger partial charge in [0.15, 0.2) is 0 Å². The summed E-state index contributed by atoms with van der Waals surface area (Å²) < 4.78 is 1.55. The summed E-state index contributed by atoms with van der Waals surface area (Å²) in [6.07, 6.45) is -0.0145. The lowest BCUT2D eigenvalue weighted by Gasteiger charge is -2.24. The molecule has 1 aromatic heterocycles. The van der Waals surface area contributed by atoms with Gasteiger partial charge in [-0.1, -0.05) is 47.5 Å². The van der Waals surface area contributed by atoms with Gasteiger partial charge >= 0.3 is 0 Å². The molecule has 0 radical (unpaired) electrons. The van der Waals surface area contributed by atoms with Crippen LogP contribution in [0.1, 0.15) is 18.0 Å². The minimum atomic E-state index is -0.786. The lowest BCUT2D eigenvalue weighted by molar-refractivity contribution is -0.125. The monoisotopic (exact) mass is 414 g/mol. The molecule has 0 unspecified atom stereocenters. The highest BCUT2D eigenvalue weighted by Gasteiger charge is 2.34. The van der Waals surface area contributed by atoms with Crippen LogP contribution in [0.4, 0.5) is 11.5 Å². The first kappa shape index (κ1) is 18.5. The zero-order valence-corrected chi connectivity index (χ0v) is 16.4. The molecule has 8 heteroatoms. The van der Waals surface area contributed by atoms with E-state index in [0.717, 1.165) is 11.1 Å². The zero-order chi connectivity index (χ0) is 19.8. The number of halogens is 2. The Balaban J connectivity index is 1.72. The summed E-state index contributed by atoms with van der Waals surface area (Å²) in [7, 11) is 0. The molecule has 0 spiro atoms. The molecule has 142 valence electrons. The van der Waals surface area contributed by atoms with E-state index in [1.165, 1.54) is 0 Å². The highest BCUT2D eigenvalue weighted by molar-refractivity contribution is 6.33. The molecule has 0 bridgehead atoms. The number of hydrogen-bond acceptors (Lipinski definition) is 3. The van der Waals surface area contributed by atoms with E-state index in [-0.39, 0.29) is 18.2 Å². The Labute approximate surface area is 171 Å².